The number of non-ortho nitro benzene ring substituents is 1. The number of rotatable bonds is 3. The molecule has 0 saturated heterocycles. The standard InChI is InChI=1S/C19H17N3O3/c1-25-18-6-2-4-13-12-21(11-9-14(13)18)17-8-7-16(22(23)24)15-5-3-10-20-19(15)17/h2-8,10H,9,11-12H2,1H3. The lowest BCUT2D eigenvalue weighted by atomic mass is 9.97. The first kappa shape index (κ1) is 15.4. The number of pyridine rings is 1. The summed E-state index contributed by atoms with van der Waals surface area (Å²) in [4.78, 5) is 17.6. The summed E-state index contributed by atoms with van der Waals surface area (Å²) < 4.78 is 5.46. The molecule has 0 radical (unpaired) electrons. The molecule has 0 atom stereocenters. The van der Waals surface area contributed by atoms with Gasteiger partial charge in [0.15, 0.2) is 0 Å². The fraction of sp³-hybridized carbons (Fsp3) is 0.211. The molecular formula is C19H17N3O3. The van der Waals surface area contributed by atoms with E-state index in [1.807, 2.05) is 12.1 Å². The molecule has 1 aromatic heterocycles. The first-order chi connectivity index (χ1) is 12.2. The SMILES string of the molecule is COc1cccc2c1CCN(c1ccc([N+](=O)[O-])c3cccnc13)C2. The van der Waals surface area contributed by atoms with Crippen LogP contribution in [0.25, 0.3) is 10.9 Å². The van der Waals surface area contributed by atoms with Crippen molar-refractivity contribution in [2.45, 2.75) is 13.0 Å². The zero-order chi connectivity index (χ0) is 17.4. The summed E-state index contributed by atoms with van der Waals surface area (Å²) in [6.45, 7) is 1.55. The number of methoxy groups -OCH3 is 1. The van der Waals surface area contributed by atoms with E-state index in [0.717, 1.165) is 30.9 Å². The van der Waals surface area contributed by atoms with E-state index in [0.29, 0.717) is 10.9 Å². The Labute approximate surface area is 144 Å². The van der Waals surface area contributed by atoms with Gasteiger partial charge in [-0.3, -0.25) is 15.1 Å². The van der Waals surface area contributed by atoms with Gasteiger partial charge in [0.05, 0.1) is 23.1 Å². The fourth-order valence-corrected chi connectivity index (χ4v) is 3.53. The normalized spacial score (nSPS) is 13.6. The van der Waals surface area contributed by atoms with E-state index in [4.69, 9.17) is 4.74 Å². The molecule has 2 heterocycles. The summed E-state index contributed by atoms with van der Waals surface area (Å²) in [6.07, 6.45) is 2.54. The largest absolute Gasteiger partial charge is 0.496 e. The third-order valence-electron chi connectivity index (χ3n) is 4.71. The number of hydrogen-bond donors (Lipinski definition) is 0. The van der Waals surface area contributed by atoms with Gasteiger partial charge < -0.3 is 9.64 Å². The number of fused-ring (bicyclic) bond motifs is 2. The van der Waals surface area contributed by atoms with Crippen molar-refractivity contribution in [3.05, 3.63) is 69.9 Å². The van der Waals surface area contributed by atoms with Crippen LogP contribution in [0.5, 0.6) is 5.75 Å². The molecule has 25 heavy (non-hydrogen) atoms. The van der Waals surface area contributed by atoms with Gasteiger partial charge in [-0.05, 0) is 36.2 Å². The van der Waals surface area contributed by atoms with Gasteiger partial charge in [-0.1, -0.05) is 12.1 Å². The molecule has 0 aliphatic carbocycles. The number of aromatic nitrogens is 1. The van der Waals surface area contributed by atoms with Crippen LogP contribution in [0.3, 0.4) is 0 Å². The lowest BCUT2D eigenvalue weighted by Gasteiger charge is -2.32. The molecule has 6 heteroatoms. The number of hydrogen-bond acceptors (Lipinski definition) is 5. The number of nitro groups is 1. The molecule has 3 aromatic rings. The highest BCUT2D eigenvalue weighted by Crippen LogP contribution is 2.35. The Hall–Kier alpha value is -3.15. The molecule has 0 N–H and O–H groups in total. The summed E-state index contributed by atoms with van der Waals surface area (Å²) in [5.74, 6) is 0.920. The molecule has 0 bridgehead atoms. The summed E-state index contributed by atoms with van der Waals surface area (Å²) in [7, 11) is 1.69. The topological polar surface area (TPSA) is 68.5 Å². The number of nitrogens with zero attached hydrogens (tertiary/aromatic N) is 3. The number of anilines is 1. The van der Waals surface area contributed by atoms with Gasteiger partial charge in [0.1, 0.15) is 11.3 Å². The lowest BCUT2D eigenvalue weighted by molar-refractivity contribution is -0.383. The maximum atomic E-state index is 11.3. The van der Waals surface area contributed by atoms with Gasteiger partial charge >= 0.3 is 0 Å². The van der Waals surface area contributed by atoms with Crippen LogP contribution in [0.15, 0.2) is 48.7 Å². The van der Waals surface area contributed by atoms with E-state index in [1.54, 1.807) is 37.6 Å². The van der Waals surface area contributed by atoms with Crippen molar-refractivity contribution in [1.82, 2.24) is 4.98 Å². The minimum Gasteiger partial charge on any atom is -0.496 e. The summed E-state index contributed by atoms with van der Waals surface area (Å²) in [5.41, 5.74) is 4.14. The van der Waals surface area contributed by atoms with Crippen molar-refractivity contribution in [3.63, 3.8) is 0 Å². The van der Waals surface area contributed by atoms with Crippen LogP contribution in [0.4, 0.5) is 11.4 Å². The predicted octanol–water partition coefficient (Wildman–Crippen LogP) is 3.71. The first-order valence-electron chi connectivity index (χ1n) is 8.11. The van der Waals surface area contributed by atoms with E-state index < -0.39 is 0 Å². The molecule has 126 valence electrons. The average molecular weight is 335 g/mol. The summed E-state index contributed by atoms with van der Waals surface area (Å²) >= 11 is 0. The van der Waals surface area contributed by atoms with Gasteiger partial charge in [0, 0.05) is 30.9 Å². The minimum atomic E-state index is -0.357. The van der Waals surface area contributed by atoms with Gasteiger partial charge in [-0.15, -0.1) is 0 Å². The highest BCUT2D eigenvalue weighted by molar-refractivity contribution is 5.97. The van der Waals surface area contributed by atoms with Crippen molar-refractivity contribution < 1.29 is 9.66 Å². The van der Waals surface area contributed by atoms with E-state index in [1.165, 1.54) is 11.1 Å². The van der Waals surface area contributed by atoms with Crippen molar-refractivity contribution >= 4 is 22.3 Å². The molecule has 1 aliphatic rings. The van der Waals surface area contributed by atoms with E-state index in [9.17, 15) is 10.1 Å². The number of benzene rings is 2. The van der Waals surface area contributed by atoms with Crippen molar-refractivity contribution in [1.29, 1.82) is 0 Å². The van der Waals surface area contributed by atoms with E-state index in [-0.39, 0.29) is 10.6 Å². The first-order valence-corrected chi connectivity index (χ1v) is 8.11. The molecule has 0 saturated carbocycles. The van der Waals surface area contributed by atoms with E-state index in [2.05, 4.69) is 16.0 Å². The second-order valence-corrected chi connectivity index (χ2v) is 6.03. The van der Waals surface area contributed by atoms with Gasteiger partial charge in [0.25, 0.3) is 5.69 Å². The molecule has 0 spiro atoms. The highest BCUT2D eigenvalue weighted by atomic mass is 16.6. The number of nitro benzene ring substituents is 1. The minimum absolute atomic E-state index is 0.0888. The summed E-state index contributed by atoms with van der Waals surface area (Å²) in [5, 5.41) is 11.9. The Morgan fingerprint density at radius 3 is 2.88 bits per heavy atom. The van der Waals surface area contributed by atoms with Crippen LogP contribution in [0.2, 0.25) is 0 Å². The lowest BCUT2D eigenvalue weighted by Crippen LogP contribution is -2.30. The van der Waals surface area contributed by atoms with Crippen LogP contribution in [-0.2, 0) is 13.0 Å². The molecule has 0 fully saturated rings. The maximum Gasteiger partial charge on any atom is 0.278 e. The fourth-order valence-electron chi connectivity index (χ4n) is 3.53. The zero-order valence-corrected chi connectivity index (χ0v) is 13.8. The van der Waals surface area contributed by atoms with Crippen molar-refractivity contribution in [2.24, 2.45) is 0 Å². The van der Waals surface area contributed by atoms with E-state index >= 15 is 0 Å². The summed E-state index contributed by atoms with van der Waals surface area (Å²) in [6, 6.07) is 12.9. The predicted molar refractivity (Wildman–Crippen MR) is 96.1 cm³/mol. The molecule has 1 aliphatic heterocycles. The molecule has 4 rings (SSSR count). The van der Waals surface area contributed by atoms with Crippen LogP contribution in [0, 0.1) is 10.1 Å². The Morgan fingerprint density at radius 1 is 1.20 bits per heavy atom. The smallest absolute Gasteiger partial charge is 0.278 e. The van der Waals surface area contributed by atoms with Crippen molar-refractivity contribution in [3.8, 4) is 5.75 Å². The molecule has 0 unspecified atom stereocenters. The number of ether oxygens (including phenoxy) is 1. The highest BCUT2D eigenvalue weighted by Gasteiger charge is 2.23. The van der Waals surface area contributed by atoms with Crippen LogP contribution in [0.1, 0.15) is 11.1 Å². The molecule has 6 nitrogen and oxygen atoms in total. The maximum absolute atomic E-state index is 11.3. The van der Waals surface area contributed by atoms with Gasteiger partial charge in [0.2, 0.25) is 0 Å². The average Bonchev–Trinajstić information content (AvgIpc) is 2.66. The second-order valence-electron chi connectivity index (χ2n) is 6.03. The van der Waals surface area contributed by atoms with Crippen LogP contribution < -0.4 is 9.64 Å². The Balaban J connectivity index is 1.79. The van der Waals surface area contributed by atoms with Crippen LogP contribution in [-0.4, -0.2) is 23.6 Å². The molecule has 0 amide bonds. The van der Waals surface area contributed by atoms with Gasteiger partial charge in [-0.2, -0.15) is 0 Å². The zero-order valence-electron chi connectivity index (χ0n) is 13.8. The Bertz CT molecular complexity index is 971. The Morgan fingerprint density at radius 2 is 2.08 bits per heavy atom. The monoisotopic (exact) mass is 335 g/mol. The third-order valence-corrected chi connectivity index (χ3v) is 4.71. The van der Waals surface area contributed by atoms with Gasteiger partial charge in [-0.25, -0.2) is 0 Å². The van der Waals surface area contributed by atoms with Crippen molar-refractivity contribution in [2.75, 3.05) is 18.6 Å². The molecular weight excluding hydrogens is 318 g/mol. The third kappa shape index (κ3) is 2.55. The quantitative estimate of drug-likeness (QED) is 0.539. The Kier molecular flexibility index (Phi) is 3.72. The molecule has 2 aromatic carbocycles. The van der Waals surface area contributed by atoms with Crippen LogP contribution >= 0.6 is 0 Å². The second kappa shape index (κ2) is 6.05.